The van der Waals surface area contributed by atoms with Crippen LogP contribution in [-0.2, 0) is 19.1 Å². The highest BCUT2D eigenvalue weighted by atomic mass is 16.5. The Labute approximate surface area is 202 Å². The minimum Gasteiger partial charge on any atom is -0.493 e. The van der Waals surface area contributed by atoms with Crippen molar-refractivity contribution < 1.29 is 33.7 Å². The molecule has 1 aliphatic carbocycles. The van der Waals surface area contributed by atoms with Gasteiger partial charge in [0.15, 0.2) is 11.5 Å². The smallest absolute Gasteiger partial charge is 0.374 e. The van der Waals surface area contributed by atoms with Crippen molar-refractivity contribution in [3.05, 3.63) is 47.5 Å². The first-order valence-corrected chi connectivity index (χ1v) is 11.6. The zero-order valence-corrected chi connectivity index (χ0v) is 19.6. The number of hydrogen-bond donors (Lipinski definition) is 1. The fraction of sp³-hybridized carbons (Fsp3) is 0.440. The lowest BCUT2D eigenvalue weighted by Gasteiger charge is -2.38. The van der Waals surface area contributed by atoms with E-state index in [4.69, 9.17) is 24.3 Å². The zero-order chi connectivity index (χ0) is 24.9. The largest absolute Gasteiger partial charge is 0.493 e. The maximum atomic E-state index is 12.2. The number of esters is 1. The predicted octanol–water partition coefficient (Wildman–Crippen LogP) is 2.72. The van der Waals surface area contributed by atoms with Crippen LogP contribution >= 0.6 is 0 Å². The standard InChI is InChI=1S/C25H27N3O7/c1-3-34-22-11-15-16-10-14(35-25(32)20(29)6-7-23(30)31)4-5-18(16)28-24(17(15)12-21(22)33-2)19-13-26-8-9-27-19/h8-9,11-14,16,18H,3-7,10H2,1-2H3,(H,30,31)/t14-,16-,18-/m1/s1. The molecule has 1 aromatic carbocycles. The zero-order valence-electron chi connectivity index (χ0n) is 19.6. The van der Waals surface area contributed by atoms with Gasteiger partial charge in [-0.1, -0.05) is 0 Å². The van der Waals surface area contributed by atoms with E-state index in [9.17, 15) is 14.4 Å². The molecule has 184 valence electrons. The maximum Gasteiger partial charge on any atom is 0.374 e. The predicted molar refractivity (Wildman–Crippen MR) is 124 cm³/mol. The molecule has 10 heteroatoms. The number of aliphatic imine (C=N–C) groups is 1. The third-order valence-corrected chi connectivity index (χ3v) is 6.22. The molecule has 0 radical (unpaired) electrons. The molecule has 1 saturated carbocycles. The molecule has 1 N–H and O–H groups in total. The van der Waals surface area contributed by atoms with Crippen LogP contribution in [0.15, 0.2) is 35.7 Å². The Bertz CT molecular complexity index is 1150. The van der Waals surface area contributed by atoms with Gasteiger partial charge in [0, 0.05) is 30.3 Å². The van der Waals surface area contributed by atoms with E-state index in [-0.39, 0.29) is 18.4 Å². The van der Waals surface area contributed by atoms with Crippen LogP contribution in [-0.4, -0.2) is 64.4 Å². The van der Waals surface area contributed by atoms with Crippen LogP contribution in [0.25, 0.3) is 0 Å². The van der Waals surface area contributed by atoms with E-state index in [0.29, 0.717) is 43.1 Å². The average Bonchev–Trinajstić information content (AvgIpc) is 2.87. The van der Waals surface area contributed by atoms with E-state index in [1.807, 2.05) is 19.1 Å². The van der Waals surface area contributed by atoms with Crippen LogP contribution in [0.4, 0.5) is 0 Å². The molecule has 4 rings (SSSR count). The molecule has 10 nitrogen and oxygen atoms in total. The third-order valence-electron chi connectivity index (χ3n) is 6.22. The topological polar surface area (TPSA) is 137 Å². The lowest BCUT2D eigenvalue weighted by atomic mass is 9.74. The van der Waals surface area contributed by atoms with Crippen molar-refractivity contribution in [3.8, 4) is 11.5 Å². The van der Waals surface area contributed by atoms with Crippen molar-refractivity contribution >= 4 is 23.4 Å². The van der Waals surface area contributed by atoms with Gasteiger partial charge in [-0.2, -0.15) is 0 Å². The maximum absolute atomic E-state index is 12.2. The number of carboxylic acid groups (broad SMARTS) is 1. The second-order valence-electron chi connectivity index (χ2n) is 8.42. The Kier molecular flexibility index (Phi) is 7.38. The second kappa shape index (κ2) is 10.6. The minimum atomic E-state index is -1.14. The Morgan fingerprint density at radius 1 is 1.11 bits per heavy atom. The number of nitrogens with zero attached hydrogens (tertiary/aromatic N) is 3. The van der Waals surface area contributed by atoms with Gasteiger partial charge >= 0.3 is 11.9 Å². The van der Waals surface area contributed by atoms with E-state index in [1.165, 1.54) is 0 Å². The molecule has 1 aliphatic heterocycles. The number of carbonyl (C=O) groups is 3. The van der Waals surface area contributed by atoms with Gasteiger partial charge in [-0.3, -0.25) is 24.5 Å². The van der Waals surface area contributed by atoms with Crippen LogP contribution in [0.2, 0.25) is 0 Å². The van der Waals surface area contributed by atoms with E-state index in [0.717, 1.165) is 16.8 Å². The number of benzene rings is 1. The molecule has 2 aromatic rings. The van der Waals surface area contributed by atoms with Crippen LogP contribution < -0.4 is 9.47 Å². The second-order valence-corrected chi connectivity index (χ2v) is 8.42. The molecular formula is C25H27N3O7. The van der Waals surface area contributed by atoms with Gasteiger partial charge in [-0.15, -0.1) is 0 Å². The highest BCUT2D eigenvalue weighted by Gasteiger charge is 2.39. The number of carboxylic acids is 1. The minimum absolute atomic E-state index is 0.0694. The molecule has 1 fully saturated rings. The molecule has 3 atom stereocenters. The molecule has 0 unspecified atom stereocenters. The molecule has 0 amide bonds. The molecule has 2 heterocycles. The number of aromatic nitrogens is 2. The van der Waals surface area contributed by atoms with Crippen molar-refractivity contribution in [2.45, 2.75) is 57.1 Å². The number of rotatable bonds is 9. The number of aliphatic carboxylic acids is 1. The Morgan fingerprint density at radius 3 is 2.63 bits per heavy atom. The summed E-state index contributed by atoms with van der Waals surface area (Å²) in [6.45, 7) is 2.36. The summed E-state index contributed by atoms with van der Waals surface area (Å²) in [5.41, 5.74) is 3.19. The number of methoxy groups -OCH3 is 1. The number of hydrogen-bond acceptors (Lipinski definition) is 9. The normalized spacial score (nSPS) is 20.6. The van der Waals surface area contributed by atoms with Gasteiger partial charge in [0.25, 0.3) is 0 Å². The average molecular weight is 482 g/mol. The fourth-order valence-corrected chi connectivity index (χ4v) is 4.63. The summed E-state index contributed by atoms with van der Waals surface area (Å²) in [6, 6.07) is 3.76. The van der Waals surface area contributed by atoms with Crippen LogP contribution in [0.1, 0.15) is 61.8 Å². The molecular weight excluding hydrogens is 454 g/mol. The first-order chi connectivity index (χ1) is 16.9. The monoisotopic (exact) mass is 481 g/mol. The first-order valence-electron chi connectivity index (χ1n) is 11.6. The lowest BCUT2D eigenvalue weighted by molar-refractivity contribution is -0.159. The molecule has 2 aliphatic rings. The molecule has 35 heavy (non-hydrogen) atoms. The summed E-state index contributed by atoms with van der Waals surface area (Å²) in [6.07, 6.45) is 5.30. The van der Waals surface area contributed by atoms with Gasteiger partial charge < -0.3 is 19.3 Å². The van der Waals surface area contributed by atoms with Crippen molar-refractivity contribution in [1.29, 1.82) is 0 Å². The van der Waals surface area contributed by atoms with E-state index < -0.39 is 30.2 Å². The first kappa shape index (κ1) is 24.3. The Balaban J connectivity index is 1.63. The number of carbonyl (C=O) groups excluding carboxylic acids is 2. The SMILES string of the molecule is CCOc1cc2c(cc1OC)C(c1cnccn1)=N[C@@H]1CC[C@@H](OC(=O)C(=O)CCC(=O)O)C[C@H]21. The van der Waals surface area contributed by atoms with Crippen molar-refractivity contribution in [2.24, 2.45) is 4.99 Å². The van der Waals surface area contributed by atoms with Crippen LogP contribution in [0, 0.1) is 0 Å². The Morgan fingerprint density at radius 2 is 1.94 bits per heavy atom. The van der Waals surface area contributed by atoms with Gasteiger partial charge in [0.1, 0.15) is 11.8 Å². The highest BCUT2D eigenvalue weighted by molar-refractivity contribution is 6.33. The van der Waals surface area contributed by atoms with Gasteiger partial charge in [-0.25, -0.2) is 4.79 Å². The van der Waals surface area contributed by atoms with Crippen molar-refractivity contribution in [3.63, 3.8) is 0 Å². The van der Waals surface area contributed by atoms with Gasteiger partial charge in [0.2, 0.25) is 5.78 Å². The molecule has 0 saturated heterocycles. The van der Waals surface area contributed by atoms with E-state index >= 15 is 0 Å². The molecule has 1 aromatic heterocycles. The summed E-state index contributed by atoms with van der Waals surface area (Å²) in [4.78, 5) is 48.6. The number of fused-ring (bicyclic) bond motifs is 3. The highest BCUT2D eigenvalue weighted by Crippen LogP contribution is 2.45. The third kappa shape index (κ3) is 5.31. The molecule has 0 bridgehead atoms. The number of Topliss-reactive ketones (excluding diaryl/α,β-unsaturated/α-hetero) is 1. The summed E-state index contributed by atoms with van der Waals surface area (Å²) in [7, 11) is 1.58. The van der Waals surface area contributed by atoms with Gasteiger partial charge in [-0.05, 0) is 43.9 Å². The quantitative estimate of drug-likeness (QED) is 0.423. The lowest BCUT2D eigenvalue weighted by Crippen LogP contribution is -2.37. The van der Waals surface area contributed by atoms with Crippen LogP contribution in [0.3, 0.4) is 0 Å². The van der Waals surface area contributed by atoms with Gasteiger partial charge in [0.05, 0.1) is 38.1 Å². The summed E-state index contributed by atoms with van der Waals surface area (Å²) in [5.74, 6) is -1.84. The fourth-order valence-electron chi connectivity index (χ4n) is 4.63. The van der Waals surface area contributed by atoms with E-state index in [1.54, 1.807) is 25.7 Å². The van der Waals surface area contributed by atoms with E-state index in [2.05, 4.69) is 9.97 Å². The van der Waals surface area contributed by atoms with Crippen molar-refractivity contribution in [1.82, 2.24) is 9.97 Å². The van der Waals surface area contributed by atoms with Crippen LogP contribution in [0.5, 0.6) is 11.5 Å². The summed E-state index contributed by atoms with van der Waals surface area (Å²) >= 11 is 0. The number of ether oxygens (including phenoxy) is 3. The molecule has 0 spiro atoms. The number of ketones is 1. The Hall–Kier alpha value is -3.82. The summed E-state index contributed by atoms with van der Waals surface area (Å²) in [5, 5.41) is 8.75. The van der Waals surface area contributed by atoms with Crippen molar-refractivity contribution in [2.75, 3.05) is 13.7 Å². The summed E-state index contributed by atoms with van der Waals surface area (Å²) < 4.78 is 16.8.